The van der Waals surface area contributed by atoms with Gasteiger partial charge in [-0.15, -0.1) is 0 Å². The van der Waals surface area contributed by atoms with Crippen molar-refractivity contribution in [3.63, 3.8) is 0 Å². The van der Waals surface area contributed by atoms with Gasteiger partial charge in [0.2, 0.25) is 5.91 Å². The Morgan fingerprint density at radius 1 is 0.492 bits per heavy atom. The number of aliphatic hydroxyl groups is 2. The van der Waals surface area contributed by atoms with Gasteiger partial charge in [0.05, 0.1) is 25.2 Å². The molecule has 3 unspecified atom stereocenters. The lowest BCUT2D eigenvalue weighted by molar-refractivity contribution is -0.150. The average molecular weight is 830 g/mol. The van der Waals surface area contributed by atoms with Crippen molar-refractivity contribution in [3.8, 4) is 0 Å². The molecule has 1 amide bonds. The predicted molar refractivity (Wildman–Crippen MR) is 255 cm³/mol. The van der Waals surface area contributed by atoms with E-state index in [1.165, 1.54) is 154 Å². The molecule has 0 aromatic heterocycles. The summed E-state index contributed by atoms with van der Waals surface area (Å²) < 4.78 is 5.89. The number of carbonyl (C=O) groups is 2. The Bertz CT molecular complexity index is 977. The van der Waals surface area contributed by atoms with Crippen molar-refractivity contribution in [1.82, 2.24) is 5.32 Å². The third-order valence-electron chi connectivity index (χ3n) is 11.7. The number of hydrogen-bond donors (Lipinski definition) is 3. The van der Waals surface area contributed by atoms with Crippen molar-refractivity contribution in [3.05, 3.63) is 36.5 Å². The number of carbonyl (C=O) groups excluding carboxylic acids is 2. The molecule has 3 N–H and O–H groups in total. The Morgan fingerprint density at radius 2 is 0.864 bits per heavy atom. The summed E-state index contributed by atoms with van der Waals surface area (Å²) in [5.74, 6) is -0.555. The first-order valence-electron chi connectivity index (χ1n) is 25.7. The van der Waals surface area contributed by atoms with E-state index >= 15 is 0 Å². The van der Waals surface area contributed by atoms with Crippen molar-refractivity contribution in [2.45, 2.75) is 283 Å². The fraction of sp³-hybridized carbons (Fsp3) is 0.849. The molecule has 0 saturated carbocycles. The highest BCUT2D eigenvalue weighted by molar-refractivity contribution is 5.77. The molecule has 0 spiro atoms. The van der Waals surface area contributed by atoms with Gasteiger partial charge < -0.3 is 20.3 Å². The van der Waals surface area contributed by atoms with Crippen molar-refractivity contribution in [1.29, 1.82) is 0 Å². The van der Waals surface area contributed by atoms with Crippen LogP contribution in [0.3, 0.4) is 0 Å². The van der Waals surface area contributed by atoms with E-state index in [-0.39, 0.29) is 24.9 Å². The average Bonchev–Trinajstić information content (AvgIpc) is 3.23. The molecule has 346 valence electrons. The van der Waals surface area contributed by atoms with Gasteiger partial charge in [-0.1, -0.05) is 218 Å². The molecular formula is C53H99NO5. The highest BCUT2D eigenvalue weighted by atomic mass is 16.5. The van der Waals surface area contributed by atoms with E-state index in [2.05, 4.69) is 56.5 Å². The second kappa shape index (κ2) is 47.1. The molecule has 0 heterocycles. The Labute approximate surface area is 366 Å². The van der Waals surface area contributed by atoms with Crippen LogP contribution in [0.1, 0.15) is 265 Å². The lowest BCUT2D eigenvalue weighted by Gasteiger charge is -2.24. The number of amides is 1. The molecule has 0 aromatic carbocycles. The summed E-state index contributed by atoms with van der Waals surface area (Å²) in [6.07, 6.45) is 55.0. The summed E-state index contributed by atoms with van der Waals surface area (Å²) in [6.45, 7) is 6.45. The second-order valence-corrected chi connectivity index (χ2v) is 17.6. The number of esters is 1. The first kappa shape index (κ1) is 57.1. The first-order chi connectivity index (χ1) is 29.0. The van der Waals surface area contributed by atoms with E-state index in [0.717, 1.165) is 57.8 Å². The maximum atomic E-state index is 13.2. The Kier molecular flexibility index (Phi) is 45.6. The summed E-state index contributed by atoms with van der Waals surface area (Å²) in [5, 5.41) is 23.7. The van der Waals surface area contributed by atoms with Gasteiger partial charge in [-0.2, -0.15) is 0 Å². The van der Waals surface area contributed by atoms with E-state index in [4.69, 9.17) is 4.74 Å². The molecule has 6 nitrogen and oxygen atoms in total. The van der Waals surface area contributed by atoms with E-state index in [0.29, 0.717) is 25.7 Å². The molecule has 3 atom stereocenters. The summed E-state index contributed by atoms with van der Waals surface area (Å²) in [6, 6.07) is -0.712. The predicted octanol–water partition coefficient (Wildman–Crippen LogP) is 15.3. The number of hydrogen-bond acceptors (Lipinski definition) is 5. The minimum Gasteiger partial charge on any atom is -0.462 e. The van der Waals surface area contributed by atoms with Crippen LogP contribution in [-0.2, 0) is 14.3 Å². The Balaban J connectivity index is 4.62. The fourth-order valence-electron chi connectivity index (χ4n) is 7.77. The standard InChI is InChI=1S/C53H99NO5/c1-4-7-10-13-16-19-22-25-28-30-33-36-39-42-45-51(56)50(48-55)54-52(57)47-49(44-41-38-35-32-29-26-23-20-17-14-11-8-5-2)59-53(58)46-43-40-37-34-31-27-24-21-18-15-12-9-6-3/h20,23,27,31,37,40,49-51,55-56H,4-19,21-22,24-26,28-30,32-36,38-39,41-48H2,1-3H3,(H,54,57)/b23-20-,31-27-,40-37+. The number of nitrogens with one attached hydrogen (secondary N) is 1. The molecule has 0 fully saturated rings. The molecule has 59 heavy (non-hydrogen) atoms. The van der Waals surface area contributed by atoms with Gasteiger partial charge in [0, 0.05) is 6.42 Å². The van der Waals surface area contributed by atoms with Crippen LogP contribution >= 0.6 is 0 Å². The minimum atomic E-state index is -0.796. The topological polar surface area (TPSA) is 95.9 Å². The van der Waals surface area contributed by atoms with Crippen LogP contribution in [-0.4, -0.2) is 46.9 Å². The molecule has 0 aliphatic rings. The minimum absolute atomic E-state index is 0.0517. The number of ether oxygens (including phenoxy) is 1. The zero-order valence-electron chi connectivity index (χ0n) is 39.4. The van der Waals surface area contributed by atoms with Crippen LogP contribution in [0.15, 0.2) is 36.5 Å². The van der Waals surface area contributed by atoms with Crippen LogP contribution in [0.4, 0.5) is 0 Å². The summed E-state index contributed by atoms with van der Waals surface area (Å²) in [5.41, 5.74) is 0. The van der Waals surface area contributed by atoms with E-state index in [1.807, 2.05) is 6.08 Å². The zero-order chi connectivity index (χ0) is 43.1. The van der Waals surface area contributed by atoms with Crippen LogP contribution in [0.25, 0.3) is 0 Å². The molecular weight excluding hydrogens is 731 g/mol. The summed E-state index contributed by atoms with van der Waals surface area (Å²) >= 11 is 0. The lowest BCUT2D eigenvalue weighted by Crippen LogP contribution is -2.46. The van der Waals surface area contributed by atoms with E-state index in [9.17, 15) is 19.8 Å². The monoisotopic (exact) mass is 830 g/mol. The molecule has 6 heteroatoms. The van der Waals surface area contributed by atoms with Crippen LogP contribution in [0.2, 0.25) is 0 Å². The largest absolute Gasteiger partial charge is 0.462 e. The highest BCUT2D eigenvalue weighted by Crippen LogP contribution is 2.17. The van der Waals surface area contributed by atoms with Crippen molar-refractivity contribution in [2.75, 3.05) is 6.61 Å². The Morgan fingerprint density at radius 3 is 1.32 bits per heavy atom. The van der Waals surface area contributed by atoms with E-state index in [1.54, 1.807) is 0 Å². The molecule has 0 saturated heterocycles. The van der Waals surface area contributed by atoms with Crippen LogP contribution in [0, 0.1) is 0 Å². The molecule has 0 aromatic rings. The number of rotatable bonds is 46. The van der Waals surface area contributed by atoms with Crippen molar-refractivity contribution < 1.29 is 24.5 Å². The maximum Gasteiger partial charge on any atom is 0.306 e. The van der Waals surface area contributed by atoms with Crippen molar-refractivity contribution >= 4 is 11.9 Å². The van der Waals surface area contributed by atoms with Crippen molar-refractivity contribution in [2.24, 2.45) is 0 Å². The third-order valence-corrected chi connectivity index (χ3v) is 11.7. The highest BCUT2D eigenvalue weighted by Gasteiger charge is 2.24. The van der Waals surface area contributed by atoms with Crippen LogP contribution in [0.5, 0.6) is 0 Å². The number of aliphatic hydroxyl groups excluding tert-OH is 2. The summed E-state index contributed by atoms with van der Waals surface area (Å²) in [4.78, 5) is 26.1. The van der Waals surface area contributed by atoms with Gasteiger partial charge in [-0.05, 0) is 70.6 Å². The Hall–Kier alpha value is -1.92. The second-order valence-electron chi connectivity index (χ2n) is 17.6. The normalized spacial score (nSPS) is 13.5. The SMILES string of the molecule is CCCCCC/C=C\CCCCCCCC(CC(=O)NC(CO)C(O)CCCCCCCCCCCCCCCC)OC(=O)CC/C=C/C/C=C\CCCCCCCC. The smallest absolute Gasteiger partial charge is 0.306 e. The molecule has 0 rings (SSSR count). The zero-order valence-corrected chi connectivity index (χ0v) is 39.4. The van der Waals surface area contributed by atoms with E-state index < -0.39 is 18.2 Å². The molecule has 0 radical (unpaired) electrons. The molecule has 0 aliphatic carbocycles. The maximum absolute atomic E-state index is 13.2. The quantitative estimate of drug-likeness (QED) is 0.0323. The summed E-state index contributed by atoms with van der Waals surface area (Å²) in [7, 11) is 0. The number of unbranched alkanes of at least 4 members (excludes halogenated alkanes) is 28. The first-order valence-corrected chi connectivity index (χ1v) is 25.7. The number of allylic oxidation sites excluding steroid dienone is 6. The van der Waals surface area contributed by atoms with Gasteiger partial charge >= 0.3 is 5.97 Å². The van der Waals surface area contributed by atoms with Gasteiger partial charge in [-0.3, -0.25) is 9.59 Å². The third kappa shape index (κ3) is 42.6. The van der Waals surface area contributed by atoms with Crippen LogP contribution < -0.4 is 5.32 Å². The van der Waals surface area contributed by atoms with Gasteiger partial charge in [0.1, 0.15) is 6.10 Å². The van der Waals surface area contributed by atoms with Gasteiger partial charge in [0.25, 0.3) is 0 Å². The van der Waals surface area contributed by atoms with Gasteiger partial charge in [-0.25, -0.2) is 0 Å². The fourth-order valence-corrected chi connectivity index (χ4v) is 7.77. The lowest BCUT2D eigenvalue weighted by atomic mass is 10.0. The van der Waals surface area contributed by atoms with Gasteiger partial charge in [0.15, 0.2) is 0 Å². The molecule has 0 bridgehead atoms. The molecule has 0 aliphatic heterocycles.